The molecule has 0 radical (unpaired) electrons. The van der Waals surface area contributed by atoms with E-state index in [1.54, 1.807) is 0 Å². The van der Waals surface area contributed by atoms with Crippen LogP contribution in [0, 0.1) is 0 Å². The van der Waals surface area contributed by atoms with Gasteiger partial charge in [-0.3, -0.25) is 9.59 Å². The number of unbranched alkanes of at least 4 members (excludes halogenated alkanes) is 7. The second kappa shape index (κ2) is 14.4. The highest BCUT2D eigenvalue weighted by Gasteiger charge is 2.04. The van der Waals surface area contributed by atoms with Gasteiger partial charge in [-0.1, -0.05) is 45.4 Å². The molecule has 20 heavy (non-hydrogen) atoms. The topological polar surface area (TPSA) is 52.6 Å². The van der Waals surface area contributed by atoms with Crippen LogP contribution in [0.2, 0.25) is 0 Å². The largest absolute Gasteiger partial charge is 0.469 e. The molecule has 0 bridgehead atoms. The van der Waals surface area contributed by atoms with Crippen molar-refractivity contribution < 1.29 is 19.1 Å². The van der Waals surface area contributed by atoms with Gasteiger partial charge in [0.25, 0.3) is 0 Å². The molecule has 0 aliphatic carbocycles. The van der Waals surface area contributed by atoms with Crippen molar-refractivity contribution in [2.24, 2.45) is 0 Å². The third-order valence-corrected chi connectivity index (χ3v) is 3.25. The van der Waals surface area contributed by atoms with Crippen LogP contribution in [0.3, 0.4) is 0 Å². The zero-order valence-corrected chi connectivity index (χ0v) is 13.1. The van der Waals surface area contributed by atoms with Gasteiger partial charge in [-0.15, -0.1) is 0 Å². The van der Waals surface area contributed by atoms with Crippen molar-refractivity contribution in [3.05, 3.63) is 0 Å². The van der Waals surface area contributed by atoms with E-state index in [2.05, 4.69) is 11.7 Å². The molecule has 0 rings (SSSR count). The molecule has 0 aliphatic rings. The minimum atomic E-state index is -0.221. The number of hydrogen-bond acceptors (Lipinski definition) is 4. The third kappa shape index (κ3) is 13.4. The van der Waals surface area contributed by atoms with E-state index in [1.165, 1.54) is 39.2 Å². The second-order valence-electron chi connectivity index (χ2n) is 5.13. The maximum absolute atomic E-state index is 11.4. The molecule has 0 spiro atoms. The first-order chi connectivity index (χ1) is 9.70. The van der Waals surface area contributed by atoms with E-state index in [-0.39, 0.29) is 11.9 Å². The van der Waals surface area contributed by atoms with Crippen LogP contribution < -0.4 is 0 Å². The molecular weight excluding hydrogens is 256 g/mol. The number of hydrogen-bond donors (Lipinski definition) is 0. The average Bonchev–Trinajstić information content (AvgIpc) is 2.46. The Balaban J connectivity index is 3.22. The van der Waals surface area contributed by atoms with E-state index in [0.29, 0.717) is 32.3 Å². The van der Waals surface area contributed by atoms with E-state index >= 15 is 0 Å². The van der Waals surface area contributed by atoms with Crippen molar-refractivity contribution in [3.63, 3.8) is 0 Å². The lowest BCUT2D eigenvalue weighted by Gasteiger charge is -2.05. The van der Waals surface area contributed by atoms with Crippen LogP contribution in [0.1, 0.15) is 77.6 Å². The van der Waals surface area contributed by atoms with E-state index in [0.717, 1.165) is 12.8 Å². The molecule has 0 aliphatic heterocycles. The maximum Gasteiger partial charge on any atom is 0.305 e. The van der Waals surface area contributed by atoms with Crippen molar-refractivity contribution in [2.75, 3.05) is 13.7 Å². The van der Waals surface area contributed by atoms with Gasteiger partial charge in [-0.05, 0) is 19.3 Å². The Bertz CT molecular complexity index is 251. The van der Waals surface area contributed by atoms with Crippen LogP contribution in [-0.4, -0.2) is 25.7 Å². The van der Waals surface area contributed by atoms with Crippen molar-refractivity contribution in [1.82, 2.24) is 0 Å². The van der Waals surface area contributed by atoms with Gasteiger partial charge in [0.2, 0.25) is 0 Å². The Morgan fingerprint density at radius 3 is 1.90 bits per heavy atom. The molecule has 0 fully saturated rings. The fourth-order valence-corrected chi connectivity index (χ4v) is 1.96. The summed E-state index contributed by atoms with van der Waals surface area (Å²) in [7, 11) is 1.37. The van der Waals surface area contributed by atoms with Gasteiger partial charge in [0.15, 0.2) is 0 Å². The second-order valence-corrected chi connectivity index (χ2v) is 5.13. The van der Waals surface area contributed by atoms with E-state index in [1.807, 2.05) is 0 Å². The molecule has 0 saturated heterocycles. The molecule has 0 aromatic heterocycles. The summed E-state index contributed by atoms with van der Waals surface area (Å²) in [6.07, 6.45) is 10.7. The van der Waals surface area contributed by atoms with Crippen LogP contribution in [0.25, 0.3) is 0 Å². The summed E-state index contributed by atoms with van der Waals surface area (Å²) >= 11 is 0. The van der Waals surface area contributed by atoms with Crippen molar-refractivity contribution >= 4 is 11.9 Å². The zero-order valence-electron chi connectivity index (χ0n) is 13.1. The van der Waals surface area contributed by atoms with Gasteiger partial charge in [-0.25, -0.2) is 0 Å². The number of carbonyl (C=O) groups excluding carboxylic acids is 2. The smallest absolute Gasteiger partial charge is 0.305 e. The summed E-state index contributed by atoms with van der Waals surface area (Å²) < 4.78 is 9.68. The SMILES string of the molecule is CCCCCCCCCOC(=O)CCCCC(=O)OC. The summed E-state index contributed by atoms with van der Waals surface area (Å²) in [5, 5.41) is 0. The minimum Gasteiger partial charge on any atom is -0.469 e. The maximum atomic E-state index is 11.4. The quantitative estimate of drug-likeness (QED) is 0.379. The molecule has 0 N–H and O–H groups in total. The number of esters is 2. The predicted octanol–water partition coefficient (Wildman–Crippen LogP) is 4.01. The van der Waals surface area contributed by atoms with Gasteiger partial charge in [0.05, 0.1) is 13.7 Å². The van der Waals surface area contributed by atoms with E-state index < -0.39 is 0 Å². The van der Waals surface area contributed by atoms with Crippen LogP contribution in [0.5, 0.6) is 0 Å². The molecule has 0 saturated carbocycles. The van der Waals surface area contributed by atoms with Crippen LogP contribution in [0.4, 0.5) is 0 Å². The Kier molecular flexibility index (Phi) is 13.6. The Morgan fingerprint density at radius 2 is 1.30 bits per heavy atom. The van der Waals surface area contributed by atoms with Crippen molar-refractivity contribution in [1.29, 1.82) is 0 Å². The first-order valence-electron chi connectivity index (χ1n) is 7.93. The lowest BCUT2D eigenvalue weighted by Crippen LogP contribution is -2.06. The number of carbonyl (C=O) groups is 2. The molecule has 0 heterocycles. The van der Waals surface area contributed by atoms with Gasteiger partial charge in [0, 0.05) is 12.8 Å². The van der Waals surface area contributed by atoms with Gasteiger partial charge in [-0.2, -0.15) is 0 Å². The van der Waals surface area contributed by atoms with Crippen molar-refractivity contribution in [2.45, 2.75) is 77.6 Å². The zero-order chi connectivity index (χ0) is 15.1. The lowest BCUT2D eigenvalue weighted by atomic mass is 10.1. The van der Waals surface area contributed by atoms with Gasteiger partial charge < -0.3 is 9.47 Å². The van der Waals surface area contributed by atoms with Crippen LogP contribution in [0.15, 0.2) is 0 Å². The molecule has 0 aromatic rings. The van der Waals surface area contributed by atoms with Crippen LogP contribution >= 0.6 is 0 Å². The van der Waals surface area contributed by atoms with E-state index in [9.17, 15) is 9.59 Å². The Morgan fingerprint density at radius 1 is 0.750 bits per heavy atom. The molecule has 0 amide bonds. The molecule has 4 nitrogen and oxygen atoms in total. The first kappa shape index (κ1) is 18.9. The lowest BCUT2D eigenvalue weighted by molar-refractivity contribution is -0.145. The number of rotatable bonds is 13. The highest BCUT2D eigenvalue weighted by atomic mass is 16.5. The van der Waals surface area contributed by atoms with Crippen molar-refractivity contribution in [3.8, 4) is 0 Å². The Labute approximate surface area is 123 Å². The van der Waals surface area contributed by atoms with Gasteiger partial charge in [0.1, 0.15) is 0 Å². The molecule has 0 unspecified atom stereocenters. The number of ether oxygens (including phenoxy) is 2. The fourth-order valence-electron chi connectivity index (χ4n) is 1.96. The fraction of sp³-hybridized carbons (Fsp3) is 0.875. The van der Waals surface area contributed by atoms with Crippen LogP contribution in [-0.2, 0) is 19.1 Å². The summed E-state index contributed by atoms with van der Waals surface area (Å²) in [5.74, 6) is -0.373. The first-order valence-corrected chi connectivity index (χ1v) is 7.93. The highest BCUT2D eigenvalue weighted by molar-refractivity contribution is 5.70. The summed E-state index contributed by atoms with van der Waals surface area (Å²) in [5.41, 5.74) is 0. The third-order valence-electron chi connectivity index (χ3n) is 3.25. The van der Waals surface area contributed by atoms with E-state index in [4.69, 9.17) is 4.74 Å². The standard InChI is InChI=1S/C16H30O4/c1-3-4-5-6-7-8-11-14-20-16(18)13-10-9-12-15(17)19-2/h3-14H2,1-2H3. The predicted molar refractivity (Wildman–Crippen MR) is 79.4 cm³/mol. The average molecular weight is 286 g/mol. The molecule has 0 atom stereocenters. The van der Waals surface area contributed by atoms with Gasteiger partial charge >= 0.3 is 11.9 Å². The normalized spacial score (nSPS) is 10.3. The molecule has 118 valence electrons. The summed E-state index contributed by atoms with van der Waals surface area (Å²) in [6, 6.07) is 0. The Hall–Kier alpha value is -1.06. The monoisotopic (exact) mass is 286 g/mol. The summed E-state index contributed by atoms with van der Waals surface area (Å²) in [6.45, 7) is 2.74. The molecule has 4 heteroatoms. The molecular formula is C16H30O4. The minimum absolute atomic E-state index is 0.152. The summed E-state index contributed by atoms with van der Waals surface area (Å²) in [4.78, 5) is 22.2. The highest BCUT2D eigenvalue weighted by Crippen LogP contribution is 2.07. The number of methoxy groups -OCH3 is 1. The molecule has 0 aromatic carbocycles.